The number of esters is 1. The van der Waals surface area contributed by atoms with E-state index in [1.165, 1.54) is 13.5 Å². The molecule has 2 aromatic carbocycles. The maximum Gasteiger partial charge on any atom is 0.328 e. The first kappa shape index (κ1) is 17.8. The molecule has 2 aromatic rings. The predicted molar refractivity (Wildman–Crippen MR) is 104 cm³/mol. The summed E-state index contributed by atoms with van der Waals surface area (Å²) < 4.78 is 5.00. The zero-order chi connectivity index (χ0) is 18.8. The number of carbonyl (C=O) groups excluding carboxylic acids is 2. The van der Waals surface area contributed by atoms with Gasteiger partial charge in [0.05, 0.1) is 7.11 Å². The van der Waals surface area contributed by atoms with Gasteiger partial charge in [-0.05, 0) is 48.4 Å². The van der Waals surface area contributed by atoms with E-state index in [0.29, 0.717) is 11.5 Å². The third-order valence-electron chi connectivity index (χ3n) is 6.03. The van der Waals surface area contributed by atoms with Gasteiger partial charge in [-0.1, -0.05) is 55.3 Å². The van der Waals surface area contributed by atoms with Gasteiger partial charge < -0.3 is 9.64 Å². The van der Waals surface area contributed by atoms with Gasteiger partial charge in [0.15, 0.2) is 0 Å². The van der Waals surface area contributed by atoms with Crippen LogP contribution in [0, 0.1) is 5.92 Å². The van der Waals surface area contributed by atoms with Crippen LogP contribution in [0.1, 0.15) is 42.5 Å². The van der Waals surface area contributed by atoms with Crippen LogP contribution in [0.15, 0.2) is 54.6 Å². The SMILES string of the molecule is COC(=O)C1CC2CCCCC2N1C(=O)c1ccc(-c2ccccc2)cc1. The fourth-order valence-electron chi connectivity index (χ4n) is 4.68. The minimum atomic E-state index is -0.454. The third kappa shape index (κ3) is 3.36. The van der Waals surface area contributed by atoms with Crippen LogP contribution < -0.4 is 0 Å². The normalized spacial score (nSPS) is 24.3. The maximum atomic E-state index is 13.3. The number of carbonyl (C=O) groups is 2. The molecule has 2 aliphatic rings. The standard InChI is InChI=1S/C23H25NO3/c1-27-23(26)21-15-19-9-5-6-10-20(19)24(21)22(25)18-13-11-17(12-14-18)16-7-3-2-4-8-16/h2-4,7-8,11-14,19-21H,5-6,9-10,15H2,1H3. The lowest BCUT2D eigenvalue weighted by molar-refractivity contribution is -0.145. The van der Waals surface area contributed by atoms with E-state index >= 15 is 0 Å². The summed E-state index contributed by atoms with van der Waals surface area (Å²) in [5, 5.41) is 0. The molecular formula is C23H25NO3. The molecule has 4 nitrogen and oxygen atoms in total. The van der Waals surface area contributed by atoms with Crippen LogP contribution in [0.5, 0.6) is 0 Å². The van der Waals surface area contributed by atoms with Gasteiger partial charge in [0.25, 0.3) is 5.91 Å². The van der Waals surface area contributed by atoms with E-state index in [-0.39, 0.29) is 17.9 Å². The molecule has 2 fully saturated rings. The molecule has 1 aliphatic heterocycles. The van der Waals surface area contributed by atoms with E-state index in [1.807, 2.05) is 47.4 Å². The highest BCUT2D eigenvalue weighted by Crippen LogP contribution is 2.40. The van der Waals surface area contributed by atoms with Crippen molar-refractivity contribution in [3.8, 4) is 11.1 Å². The summed E-state index contributed by atoms with van der Waals surface area (Å²) in [7, 11) is 1.40. The average molecular weight is 363 g/mol. The van der Waals surface area contributed by atoms with Gasteiger partial charge in [-0.25, -0.2) is 4.79 Å². The topological polar surface area (TPSA) is 46.6 Å². The molecule has 3 unspecified atom stereocenters. The molecule has 0 spiro atoms. The second-order valence-electron chi connectivity index (χ2n) is 7.54. The summed E-state index contributed by atoms with van der Waals surface area (Å²) in [5.74, 6) is 0.0634. The number of methoxy groups -OCH3 is 1. The number of amides is 1. The summed E-state index contributed by atoms with van der Waals surface area (Å²) in [4.78, 5) is 27.4. The van der Waals surface area contributed by atoms with E-state index in [1.54, 1.807) is 0 Å². The monoisotopic (exact) mass is 363 g/mol. The Hall–Kier alpha value is -2.62. The van der Waals surface area contributed by atoms with Crippen molar-refractivity contribution in [3.63, 3.8) is 0 Å². The lowest BCUT2D eigenvalue weighted by Crippen LogP contribution is -2.46. The first-order valence-corrected chi connectivity index (χ1v) is 9.75. The van der Waals surface area contributed by atoms with Crippen molar-refractivity contribution < 1.29 is 14.3 Å². The molecule has 1 heterocycles. The predicted octanol–water partition coefficient (Wildman–Crippen LogP) is 4.30. The van der Waals surface area contributed by atoms with Crippen molar-refractivity contribution in [1.82, 2.24) is 4.90 Å². The minimum Gasteiger partial charge on any atom is -0.467 e. The Morgan fingerprint density at radius 1 is 0.926 bits per heavy atom. The summed E-state index contributed by atoms with van der Waals surface area (Å²) >= 11 is 0. The molecule has 1 aliphatic carbocycles. The van der Waals surface area contributed by atoms with Gasteiger partial charge in [-0.3, -0.25) is 4.79 Å². The van der Waals surface area contributed by atoms with Crippen LogP contribution in [-0.2, 0) is 9.53 Å². The molecule has 1 amide bonds. The van der Waals surface area contributed by atoms with Gasteiger partial charge in [0.1, 0.15) is 6.04 Å². The Kier molecular flexibility index (Phi) is 4.97. The van der Waals surface area contributed by atoms with Crippen molar-refractivity contribution in [2.45, 2.75) is 44.2 Å². The van der Waals surface area contributed by atoms with Crippen molar-refractivity contribution in [1.29, 1.82) is 0 Å². The molecule has 4 rings (SSSR count). The summed E-state index contributed by atoms with van der Waals surface area (Å²) in [5.41, 5.74) is 2.83. The summed E-state index contributed by atoms with van der Waals surface area (Å²) in [6, 6.07) is 17.5. The molecule has 3 atom stereocenters. The zero-order valence-electron chi connectivity index (χ0n) is 15.6. The first-order chi connectivity index (χ1) is 13.2. The Labute approximate surface area is 160 Å². The highest BCUT2D eigenvalue weighted by molar-refractivity contribution is 5.98. The van der Waals surface area contributed by atoms with Crippen molar-refractivity contribution in [3.05, 3.63) is 60.2 Å². The lowest BCUT2D eigenvalue weighted by atomic mass is 9.84. The maximum absolute atomic E-state index is 13.3. The number of likely N-dealkylation sites (tertiary alicyclic amines) is 1. The van der Waals surface area contributed by atoms with Crippen LogP contribution in [0.2, 0.25) is 0 Å². The molecule has 140 valence electrons. The molecule has 1 saturated carbocycles. The molecule has 4 heteroatoms. The van der Waals surface area contributed by atoms with Gasteiger partial charge in [-0.15, -0.1) is 0 Å². The molecule has 0 N–H and O–H groups in total. The summed E-state index contributed by atoms with van der Waals surface area (Å²) in [6.07, 6.45) is 5.10. The van der Waals surface area contributed by atoms with Crippen LogP contribution in [0.3, 0.4) is 0 Å². The van der Waals surface area contributed by atoms with Crippen molar-refractivity contribution >= 4 is 11.9 Å². The van der Waals surface area contributed by atoms with Crippen molar-refractivity contribution in [2.75, 3.05) is 7.11 Å². The molecule has 0 radical (unpaired) electrons. The Balaban J connectivity index is 1.60. The molecule has 1 saturated heterocycles. The summed E-state index contributed by atoms with van der Waals surface area (Å²) in [6.45, 7) is 0. The Morgan fingerprint density at radius 2 is 1.59 bits per heavy atom. The van der Waals surface area contributed by atoms with Crippen molar-refractivity contribution in [2.24, 2.45) is 5.92 Å². The van der Waals surface area contributed by atoms with E-state index in [4.69, 9.17) is 4.74 Å². The van der Waals surface area contributed by atoms with Crippen LogP contribution in [0.4, 0.5) is 0 Å². The van der Waals surface area contributed by atoms with Crippen LogP contribution in [-0.4, -0.2) is 36.0 Å². The smallest absolute Gasteiger partial charge is 0.328 e. The number of nitrogens with zero attached hydrogens (tertiary/aromatic N) is 1. The number of hydrogen-bond acceptors (Lipinski definition) is 3. The molecule has 0 aromatic heterocycles. The number of hydrogen-bond donors (Lipinski definition) is 0. The first-order valence-electron chi connectivity index (χ1n) is 9.75. The Morgan fingerprint density at radius 3 is 2.30 bits per heavy atom. The highest BCUT2D eigenvalue weighted by atomic mass is 16.5. The number of ether oxygens (including phenoxy) is 1. The van der Waals surface area contributed by atoms with E-state index in [2.05, 4.69) is 12.1 Å². The number of benzene rings is 2. The largest absolute Gasteiger partial charge is 0.467 e. The van der Waals surface area contributed by atoms with E-state index < -0.39 is 6.04 Å². The fourth-order valence-corrected chi connectivity index (χ4v) is 4.68. The Bertz CT molecular complexity index is 815. The number of rotatable bonds is 3. The lowest BCUT2D eigenvalue weighted by Gasteiger charge is -2.33. The van der Waals surface area contributed by atoms with E-state index in [9.17, 15) is 9.59 Å². The molecule has 27 heavy (non-hydrogen) atoms. The van der Waals surface area contributed by atoms with Gasteiger partial charge in [0.2, 0.25) is 0 Å². The number of fused-ring (bicyclic) bond motifs is 1. The average Bonchev–Trinajstić information content (AvgIpc) is 3.13. The second-order valence-corrected chi connectivity index (χ2v) is 7.54. The van der Waals surface area contributed by atoms with Gasteiger partial charge in [-0.2, -0.15) is 0 Å². The van der Waals surface area contributed by atoms with E-state index in [0.717, 1.165) is 36.8 Å². The highest BCUT2D eigenvalue weighted by Gasteiger charge is 2.48. The molecular weight excluding hydrogens is 338 g/mol. The van der Waals surface area contributed by atoms with Gasteiger partial charge >= 0.3 is 5.97 Å². The third-order valence-corrected chi connectivity index (χ3v) is 6.03. The second kappa shape index (κ2) is 7.55. The quantitative estimate of drug-likeness (QED) is 0.764. The molecule has 0 bridgehead atoms. The zero-order valence-corrected chi connectivity index (χ0v) is 15.6. The van der Waals surface area contributed by atoms with Gasteiger partial charge in [0, 0.05) is 11.6 Å². The van der Waals surface area contributed by atoms with Crippen LogP contribution in [0.25, 0.3) is 11.1 Å². The fraction of sp³-hybridized carbons (Fsp3) is 0.391. The minimum absolute atomic E-state index is 0.0561. The van der Waals surface area contributed by atoms with Crippen LogP contribution >= 0.6 is 0 Å².